The van der Waals surface area contributed by atoms with Crippen LogP contribution in [0.4, 0.5) is 8.78 Å². The van der Waals surface area contributed by atoms with Crippen molar-refractivity contribution in [3.05, 3.63) is 60.1 Å². The number of aliphatic imine (C=N–C) groups is 1. The van der Waals surface area contributed by atoms with Gasteiger partial charge in [-0.3, -0.25) is 4.79 Å². The van der Waals surface area contributed by atoms with Crippen LogP contribution in [0.25, 0.3) is 0 Å². The average Bonchev–Trinajstić information content (AvgIpc) is 2.68. The van der Waals surface area contributed by atoms with Crippen molar-refractivity contribution in [2.75, 3.05) is 19.9 Å². The molecule has 0 radical (unpaired) electrons. The molecule has 0 bridgehead atoms. The van der Waals surface area contributed by atoms with Crippen LogP contribution < -0.4 is 15.8 Å². The molecule has 0 aromatic carbocycles. The number of carbonyl (C=O) groups is 1. The van der Waals surface area contributed by atoms with Gasteiger partial charge in [0.2, 0.25) is 16.0 Å². The number of halogens is 2. The first-order valence-corrected chi connectivity index (χ1v) is 10.5. The molecule has 0 saturated carbocycles. The van der Waals surface area contributed by atoms with Gasteiger partial charge in [-0.1, -0.05) is 6.58 Å². The Morgan fingerprint density at radius 3 is 2.61 bits per heavy atom. The van der Waals surface area contributed by atoms with Crippen LogP contribution in [0.3, 0.4) is 0 Å². The molecule has 0 aliphatic carbocycles. The summed E-state index contributed by atoms with van der Waals surface area (Å²) in [5.74, 6) is -2.83. The number of hydrogen-bond acceptors (Lipinski definition) is 7. The summed E-state index contributed by atoms with van der Waals surface area (Å²) in [7, 11) is -1.05. The summed E-state index contributed by atoms with van der Waals surface area (Å²) in [6.45, 7) is 4.55. The zero-order chi connectivity index (χ0) is 23.4. The number of nitrogens with zero attached hydrogens (tertiary/aromatic N) is 3. The second-order valence-electron chi connectivity index (χ2n) is 7.00. The van der Waals surface area contributed by atoms with E-state index in [4.69, 9.17) is 10.5 Å². The van der Waals surface area contributed by atoms with Crippen molar-refractivity contribution in [1.29, 1.82) is 0 Å². The predicted molar refractivity (Wildman–Crippen MR) is 112 cm³/mol. The van der Waals surface area contributed by atoms with Crippen LogP contribution in [0.1, 0.15) is 23.8 Å². The van der Waals surface area contributed by atoms with Crippen LogP contribution in [0.2, 0.25) is 0 Å². The van der Waals surface area contributed by atoms with Gasteiger partial charge in [0.1, 0.15) is 23.1 Å². The maximum Gasteiger partial charge on any atom is 0.274 e. The molecule has 1 aliphatic heterocycles. The van der Waals surface area contributed by atoms with E-state index in [1.54, 1.807) is 0 Å². The highest BCUT2D eigenvalue weighted by Gasteiger charge is 2.39. The molecule has 1 amide bonds. The Labute approximate surface area is 179 Å². The highest BCUT2D eigenvalue weighted by molar-refractivity contribution is 7.89. The fourth-order valence-electron chi connectivity index (χ4n) is 2.72. The molecule has 1 atom stereocenters. The molecule has 0 spiro atoms. The number of guanidine groups is 1. The molecular formula is C19H23F2N5O4S. The Balaban J connectivity index is 2.18. The average molecular weight is 455 g/mol. The van der Waals surface area contributed by atoms with Crippen molar-refractivity contribution in [2.45, 2.75) is 18.9 Å². The monoisotopic (exact) mass is 455 g/mol. The third-order valence-electron chi connectivity index (χ3n) is 4.34. The van der Waals surface area contributed by atoms with Gasteiger partial charge in [0, 0.05) is 13.5 Å². The van der Waals surface area contributed by atoms with Crippen molar-refractivity contribution in [3.63, 3.8) is 0 Å². The number of nitrogens with one attached hydrogen (secondary N) is 1. The topological polar surface area (TPSA) is 127 Å². The number of aromatic nitrogens is 1. The van der Waals surface area contributed by atoms with Gasteiger partial charge in [-0.2, -0.15) is 0 Å². The highest BCUT2D eigenvalue weighted by atomic mass is 32.2. The van der Waals surface area contributed by atoms with Gasteiger partial charge < -0.3 is 15.8 Å². The first-order chi connectivity index (χ1) is 14.4. The van der Waals surface area contributed by atoms with E-state index in [2.05, 4.69) is 21.9 Å². The molecule has 1 aromatic heterocycles. The Morgan fingerprint density at radius 2 is 2.10 bits per heavy atom. The lowest BCUT2D eigenvalue weighted by Crippen LogP contribution is -2.51. The molecule has 2 rings (SSSR count). The first-order valence-electron chi connectivity index (χ1n) is 8.91. The lowest BCUT2D eigenvalue weighted by atomic mass is 10.00. The number of nitrogens with two attached hydrogens (primary N) is 1. The van der Waals surface area contributed by atoms with Gasteiger partial charge >= 0.3 is 0 Å². The lowest BCUT2D eigenvalue weighted by molar-refractivity contribution is 0.0960. The minimum absolute atomic E-state index is 0.0220. The smallest absolute Gasteiger partial charge is 0.274 e. The first kappa shape index (κ1) is 24.0. The normalized spacial score (nSPS) is 21.3. The number of amides is 1. The minimum atomic E-state index is -3.74. The zero-order valence-electron chi connectivity index (χ0n) is 17.2. The van der Waals surface area contributed by atoms with Gasteiger partial charge in [-0.15, -0.1) is 0 Å². The van der Waals surface area contributed by atoms with Crippen molar-refractivity contribution < 1.29 is 26.7 Å². The summed E-state index contributed by atoms with van der Waals surface area (Å²) in [6.07, 6.45) is 2.77. The van der Waals surface area contributed by atoms with Gasteiger partial charge in [-0.25, -0.2) is 31.5 Å². The molecule has 31 heavy (non-hydrogen) atoms. The van der Waals surface area contributed by atoms with Crippen molar-refractivity contribution in [1.82, 2.24) is 14.6 Å². The largest absolute Gasteiger partial charge is 0.495 e. The van der Waals surface area contributed by atoms with Gasteiger partial charge in [0.15, 0.2) is 0 Å². The van der Waals surface area contributed by atoms with E-state index in [1.165, 1.54) is 39.4 Å². The molecule has 1 aromatic rings. The summed E-state index contributed by atoms with van der Waals surface area (Å²) in [6, 6.07) is 2.87. The minimum Gasteiger partial charge on any atom is -0.495 e. The van der Waals surface area contributed by atoms with E-state index in [-0.39, 0.29) is 17.4 Å². The Morgan fingerprint density at radius 1 is 1.42 bits per heavy atom. The number of allylic oxidation sites excluding steroid dienone is 3. The van der Waals surface area contributed by atoms with E-state index in [9.17, 15) is 22.0 Å². The number of sulfonamides is 1. The van der Waals surface area contributed by atoms with Gasteiger partial charge in [-0.05, 0) is 31.2 Å². The third-order valence-corrected chi connectivity index (χ3v) is 6.35. The number of hydrogen-bond donors (Lipinski definition) is 2. The summed E-state index contributed by atoms with van der Waals surface area (Å²) < 4.78 is 58.3. The van der Waals surface area contributed by atoms with Gasteiger partial charge in [0.05, 0.1) is 30.3 Å². The summed E-state index contributed by atoms with van der Waals surface area (Å²) >= 11 is 0. The molecular weight excluding hydrogens is 432 g/mol. The standard InChI is InChI=1S/C19H23F2N5O4S/c1-12(20)15(24-17(27)16-8-6-14(30-4)10-23-16)7-5-13(21)9-19(2)11-31(28,29)26(3)18(22)25-19/h5-8,10H,1,9,11H2,2-4H3,(H2,22,25)(H,24,27)/b13-5+,15-7+/t19-/m1/s1. The molecule has 0 unspecified atom stereocenters. The van der Waals surface area contributed by atoms with Crippen molar-refractivity contribution in [3.8, 4) is 5.75 Å². The van der Waals surface area contributed by atoms with Crippen LogP contribution >= 0.6 is 0 Å². The SMILES string of the molecule is C=C(F)/C(=C\C=C(\F)C[C@]1(C)CS(=O)(=O)N(C)C(N)=N1)NC(=O)c1ccc(OC)cn1. The zero-order valence-corrected chi connectivity index (χ0v) is 18.0. The molecule has 1 aliphatic rings. The molecule has 0 saturated heterocycles. The maximum atomic E-state index is 14.5. The van der Waals surface area contributed by atoms with Crippen LogP contribution in [-0.4, -0.2) is 55.0 Å². The van der Waals surface area contributed by atoms with E-state index >= 15 is 0 Å². The van der Waals surface area contributed by atoms with E-state index in [0.717, 1.165) is 16.5 Å². The maximum absolute atomic E-state index is 14.5. The molecule has 168 valence electrons. The fourth-order valence-corrected chi connectivity index (χ4v) is 4.19. The van der Waals surface area contributed by atoms with Crippen LogP contribution in [0.5, 0.6) is 5.75 Å². The number of carbonyl (C=O) groups excluding carboxylic acids is 1. The summed E-state index contributed by atoms with van der Waals surface area (Å²) in [4.78, 5) is 20.2. The second-order valence-corrected chi connectivity index (χ2v) is 9.00. The van der Waals surface area contributed by atoms with Gasteiger partial charge in [0.25, 0.3) is 5.91 Å². The second kappa shape index (κ2) is 9.25. The summed E-state index contributed by atoms with van der Waals surface area (Å²) in [5, 5.41) is 2.25. The highest BCUT2D eigenvalue weighted by Crippen LogP contribution is 2.28. The summed E-state index contributed by atoms with van der Waals surface area (Å²) in [5.41, 5.74) is 3.87. The van der Waals surface area contributed by atoms with E-state index in [1.807, 2.05) is 0 Å². The fraction of sp³-hybridized carbons (Fsp3) is 0.316. The van der Waals surface area contributed by atoms with Crippen LogP contribution in [-0.2, 0) is 10.0 Å². The molecule has 3 N–H and O–H groups in total. The van der Waals surface area contributed by atoms with Crippen LogP contribution in [0, 0.1) is 0 Å². The quantitative estimate of drug-likeness (QED) is 0.604. The number of methoxy groups -OCH3 is 1. The molecule has 12 heteroatoms. The Hall–Kier alpha value is -3.28. The predicted octanol–water partition coefficient (Wildman–Crippen LogP) is 1.78. The Kier molecular flexibility index (Phi) is 7.16. The molecule has 9 nitrogen and oxygen atoms in total. The van der Waals surface area contributed by atoms with E-state index in [0.29, 0.717) is 5.75 Å². The van der Waals surface area contributed by atoms with E-state index < -0.39 is 45.3 Å². The lowest BCUT2D eigenvalue weighted by Gasteiger charge is -2.33. The van der Waals surface area contributed by atoms with Crippen molar-refractivity contribution >= 4 is 21.9 Å². The molecule has 2 heterocycles. The van der Waals surface area contributed by atoms with Crippen LogP contribution in [0.15, 0.2) is 59.4 Å². The third kappa shape index (κ3) is 6.10. The molecule has 0 fully saturated rings. The number of pyridine rings is 1. The van der Waals surface area contributed by atoms with Crippen molar-refractivity contribution in [2.24, 2.45) is 10.7 Å². The number of ether oxygens (including phenoxy) is 1. The Bertz CT molecular complexity index is 1070. The number of rotatable bonds is 7.